The van der Waals surface area contributed by atoms with Crippen molar-refractivity contribution in [3.8, 4) is 16.9 Å². The molecule has 2 aromatic heterocycles. The lowest BCUT2D eigenvalue weighted by atomic mass is 10.0. The van der Waals surface area contributed by atoms with Crippen molar-refractivity contribution in [2.24, 2.45) is 5.10 Å². The van der Waals surface area contributed by atoms with Gasteiger partial charge in [0.2, 0.25) is 5.76 Å². The maximum Gasteiger partial charge on any atom is 0.379 e. The topological polar surface area (TPSA) is 99.9 Å². The number of amides is 1. The fourth-order valence-corrected chi connectivity index (χ4v) is 4.66. The molecule has 0 bridgehead atoms. The number of nitrogens with one attached hydrogen (secondary N) is 2. The normalized spacial score (nSPS) is 11.2. The fourth-order valence-electron chi connectivity index (χ4n) is 4.05. The maximum atomic E-state index is 13.4. The number of hydrogen-bond acceptors (Lipinski definition) is 6. The molecule has 0 fully saturated rings. The third-order valence-electron chi connectivity index (χ3n) is 5.94. The number of benzene rings is 3. The molecule has 0 saturated heterocycles. The van der Waals surface area contributed by atoms with Gasteiger partial charge < -0.3 is 19.0 Å². The van der Waals surface area contributed by atoms with E-state index in [0.717, 1.165) is 26.6 Å². The van der Waals surface area contributed by atoms with E-state index in [1.54, 1.807) is 30.3 Å². The van der Waals surface area contributed by atoms with Gasteiger partial charge in [0.1, 0.15) is 11.4 Å². The molecular formula is C29H22BrClN4O4. The van der Waals surface area contributed by atoms with Crippen LogP contribution in [0.15, 0.2) is 93.1 Å². The molecule has 5 aromatic rings. The zero-order valence-electron chi connectivity index (χ0n) is 20.9. The van der Waals surface area contributed by atoms with Crippen molar-refractivity contribution in [2.75, 3.05) is 19.0 Å². The molecule has 0 aliphatic carbocycles. The van der Waals surface area contributed by atoms with E-state index in [2.05, 4.69) is 31.4 Å². The number of hydrazone groups is 1. The second kappa shape index (κ2) is 11.2. The minimum Gasteiger partial charge on any atom is -0.457 e. The minimum absolute atomic E-state index is 0.0671. The number of aromatic amines is 1. The van der Waals surface area contributed by atoms with E-state index >= 15 is 0 Å². The lowest BCUT2D eigenvalue weighted by Crippen LogP contribution is -2.19. The lowest BCUT2D eigenvalue weighted by molar-refractivity contribution is 0.0700. The molecule has 0 unspecified atom stereocenters. The number of H-pyrrole nitrogens is 1. The van der Waals surface area contributed by atoms with Gasteiger partial charge in [-0.05, 0) is 54.6 Å². The van der Waals surface area contributed by atoms with Crippen LogP contribution < -0.4 is 15.1 Å². The van der Waals surface area contributed by atoms with Crippen molar-refractivity contribution in [3.63, 3.8) is 0 Å². The Bertz CT molecular complexity index is 1710. The van der Waals surface area contributed by atoms with Crippen LogP contribution in [0, 0.1) is 0 Å². The molecule has 0 aliphatic rings. The lowest BCUT2D eigenvalue weighted by Gasteiger charge is -2.13. The summed E-state index contributed by atoms with van der Waals surface area (Å²) in [6.07, 6.45) is 2.79. The van der Waals surface area contributed by atoms with Gasteiger partial charge in [0.05, 0.1) is 12.5 Å². The molecule has 2 N–H and O–H groups in total. The third-order valence-corrected chi connectivity index (χ3v) is 6.76. The number of ether oxygens (including phenoxy) is 1. The van der Waals surface area contributed by atoms with Gasteiger partial charge in [0, 0.05) is 56.9 Å². The summed E-state index contributed by atoms with van der Waals surface area (Å²) in [5, 5.41) is 5.51. The highest BCUT2D eigenvalue weighted by Crippen LogP contribution is 2.38. The van der Waals surface area contributed by atoms with E-state index in [-0.39, 0.29) is 11.5 Å². The smallest absolute Gasteiger partial charge is 0.379 e. The molecule has 2 heterocycles. The van der Waals surface area contributed by atoms with E-state index in [0.29, 0.717) is 21.8 Å². The molecule has 0 atom stereocenters. The van der Waals surface area contributed by atoms with Gasteiger partial charge in [-0.2, -0.15) is 5.10 Å². The van der Waals surface area contributed by atoms with E-state index in [4.69, 9.17) is 20.8 Å². The quantitative estimate of drug-likeness (QED) is 0.0911. The van der Waals surface area contributed by atoms with Crippen molar-refractivity contribution < 1.29 is 18.7 Å². The van der Waals surface area contributed by atoms with Crippen LogP contribution in [0.2, 0.25) is 5.02 Å². The van der Waals surface area contributed by atoms with Crippen molar-refractivity contribution in [1.29, 1.82) is 0 Å². The van der Waals surface area contributed by atoms with Crippen LogP contribution in [0.25, 0.3) is 22.0 Å². The van der Waals surface area contributed by atoms with Crippen molar-refractivity contribution in [2.45, 2.75) is 0 Å². The standard InChI is InChI=1S/C29H22BrClN4O4/c1-35(2)19-10-11-23-21(15-19)26(20-6-3-4-7-22(20)31)27(33-23)28(36)34-32-16-17-14-18(30)9-12-24(17)39-29(37)25-8-5-13-38-25/h3-16,33H,1-2H3,(H,34,36). The Balaban J connectivity index is 1.46. The monoisotopic (exact) mass is 604 g/mol. The number of aromatic nitrogens is 1. The average Bonchev–Trinajstić information content (AvgIpc) is 3.59. The Morgan fingerprint density at radius 3 is 2.64 bits per heavy atom. The first-order chi connectivity index (χ1) is 18.8. The minimum atomic E-state index is -0.652. The summed E-state index contributed by atoms with van der Waals surface area (Å²) < 4.78 is 11.3. The molecule has 1 amide bonds. The molecule has 0 aliphatic heterocycles. The first-order valence-electron chi connectivity index (χ1n) is 11.8. The second-order valence-electron chi connectivity index (χ2n) is 8.73. The Labute approximate surface area is 237 Å². The van der Waals surface area contributed by atoms with Crippen LogP contribution in [0.3, 0.4) is 0 Å². The Morgan fingerprint density at radius 1 is 1.08 bits per heavy atom. The number of carbonyl (C=O) groups is 2. The highest BCUT2D eigenvalue weighted by Gasteiger charge is 2.21. The number of nitrogens with zero attached hydrogens (tertiary/aromatic N) is 2. The Morgan fingerprint density at radius 2 is 1.90 bits per heavy atom. The molecule has 8 nitrogen and oxygen atoms in total. The molecule has 196 valence electrons. The number of halogens is 2. The summed E-state index contributed by atoms with van der Waals surface area (Å²) in [6.45, 7) is 0. The van der Waals surface area contributed by atoms with E-state index in [9.17, 15) is 9.59 Å². The van der Waals surface area contributed by atoms with Crippen LogP contribution in [-0.2, 0) is 0 Å². The molecule has 0 spiro atoms. The van der Waals surface area contributed by atoms with Crippen LogP contribution in [0.1, 0.15) is 26.6 Å². The summed E-state index contributed by atoms with van der Waals surface area (Å²) in [5.74, 6) is -0.804. The van der Waals surface area contributed by atoms with Crippen LogP contribution in [0.5, 0.6) is 5.75 Å². The number of rotatable bonds is 7. The third kappa shape index (κ3) is 5.59. The number of anilines is 1. The summed E-state index contributed by atoms with van der Waals surface area (Å²) in [6, 6.07) is 21.4. The number of esters is 1. The summed E-state index contributed by atoms with van der Waals surface area (Å²) in [5.41, 5.74) is 6.49. The molecule has 0 radical (unpaired) electrons. The van der Waals surface area contributed by atoms with Gasteiger partial charge in [-0.1, -0.05) is 45.7 Å². The largest absolute Gasteiger partial charge is 0.457 e. The van der Waals surface area contributed by atoms with Crippen LogP contribution >= 0.6 is 27.5 Å². The maximum absolute atomic E-state index is 13.4. The molecule has 5 rings (SSSR count). The van der Waals surface area contributed by atoms with Gasteiger partial charge in [-0.3, -0.25) is 4.79 Å². The van der Waals surface area contributed by atoms with Gasteiger partial charge in [0.25, 0.3) is 5.91 Å². The first kappa shape index (κ1) is 26.3. The number of hydrogen-bond donors (Lipinski definition) is 2. The molecule has 0 saturated carbocycles. The van der Waals surface area contributed by atoms with Crippen molar-refractivity contribution >= 4 is 62.2 Å². The summed E-state index contributed by atoms with van der Waals surface area (Å²) in [7, 11) is 3.90. The van der Waals surface area contributed by atoms with Gasteiger partial charge >= 0.3 is 5.97 Å². The SMILES string of the molecule is CN(C)c1ccc2[nH]c(C(=O)NN=Cc3cc(Br)ccc3OC(=O)c3ccco3)c(-c3ccccc3Cl)c2c1. The Hall–Kier alpha value is -4.34. The van der Waals surface area contributed by atoms with Crippen LogP contribution in [-0.4, -0.2) is 37.2 Å². The number of carbonyl (C=O) groups excluding carboxylic acids is 2. The molecule has 39 heavy (non-hydrogen) atoms. The highest BCUT2D eigenvalue weighted by atomic mass is 79.9. The average molecular weight is 606 g/mol. The second-order valence-corrected chi connectivity index (χ2v) is 10.1. The van der Waals surface area contributed by atoms with E-state index in [1.165, 1.54) is 18.5 Å². The van der Waals surface area contributed by atoms with Gasteiger partial charge in [-0.15, -0.1) is 0 Å². The van der Waals surface area contributed by atoms with Crippen LogP contribution in [0.4, 0.5) is 5.69 Å². The Kier molecular flexibility index (Phi) is 7.53. The zero-order valence-corrected chi connectivity index (χ0v) is 23.2. The van der Waals surface area contributed by atoms with E-state index < -0.39 is 11.9 Å². The first-order valence-corrected chi connectivity index (χ1v) is 13.0. The highest BCUT2D eigenvalue weighted by molar-refractivity contribution is 9.10. The predicted octanol–water partition coefficient (Wildman–Crippen LogP) is 6.89. The van der Waals surface area contributed by atoms with Gasteiger partial charge in [-0.25, -0.2) is 10.2 Å². The summed E-state index contributed by atoms with van der Waals surface area (Å²) >= 11 is 9.96. The van der Waals surface area contributed by atoms with Gasteiger partial charge in [0.15, 0.2) is 0 Å². The molecule has 10 heteroatoms. The number of furan rings is 1. The molecule has 3 aromatic carbocycles. The zero-order chi connectivity index (χ0) is 27.5. The predicted molar refractivity (Wildman–Crippen MR) is 156 cm³/mol. The molecular weight excluding hydrogens is 584 g/mol. The van der Waals surface area contributed by atoms with Crippen molar-refractivity contribution in [3.05, 3.63) is 106 Å². The number of fused-ring (bicyclic) bond motifs is 1. The van der Waals surface area contributed by atoms with E-state index in [1.807, 2.05) is 55.4 Å². The van der Waals surface area contributed by atoms with Crippen molar-refractivity contribution in [1.82, 2.24) is 10.4 Å². The fraction of sp³-hybridized carbons (Fsp3) is 0.0690. The summed E-state index contributed by atoms with van der Waals surface area (Å²) in [4.78, 5) is 31.0.